The van der Waals surface area contributed by atoms with E-state index in [0.29, 0.717) is 6.10 Å². The highest BCUT2D eigenvalue weighted by atomic mass is 79.9. The molecule has 1 saturated carbocycles. The molecule has 0 saturated heterocycles. The zero-order chi connectivity index (χ0) is 14.4. The fraction of sp³-hybridized carbons (Fsp3) is 0.600. The van der Waals surface area contributed by atoms with E-state index in [0.717, 1.165) is 34.4 Å². The van der Waals surface area contributed by atoms with Crippen LogP contribution >= 0.6 is 31.9 Å². The molecule has 0 amide bonds. The third kappa shape index (κ3) is 4.72. The first kappa shape index (κ1) is 16.3. The molecule has 1 aliphatic carbocycles. The quantitative estimate of drug-likeness (QED) is 0.686. The van der Waals surface area contributed by atoms with Gasteiger partial charge < -0.3 is 14.8 Å². The average molecular weight is 407 g/mol. The van der Waals surface area contributed by atoms with Gasteiger partial charge >= 0.3 is 0 Å². The molecule has 0 atom stereocenters. The third-order valence-corrected chi connectivity index (χ3v) is 4.70. The number of ether oxygens (including phenoxy) is 2. The van der Waals surface area contributed by atoms with Crippen molar-refractivity contribution in [3.8, 4) is 5.75 Å². The number of halogens is 2. The van der Waals surface area contributed by atoms with Gasteiger partial charge in [-0.3, -0.25) is 0 Å². The lowest BCUT2D eigenvalue weighted by Gasteiger charge is -2.12. The molecule has 0 heterocycles. The molecular formula is C15H21Br2NO2. The molecule has 5 heteroatoms. The molecule has 20 heavy (non-hydrogen) atoms. The maximum Gasteiger partial charge on any atom is 0.147 e. The van der Waals surface area contributed by atoms with E-state index >= 15 is 0 Å². The second-order valence-corrected chi connectivity index (χ2v) is 6.76. The van der Waals surface area contributed by atoms with Crippen LogP contribution in [-0.2, 0) is 11.3 Å². The van der Waals surface area contributed by atoms with Gasteiger partial charge in [0.1, 0.15) is 5.75 Å². The van der Waals surface area contributed by atoms with Crippen LogP contribution in [0.15, 0.2) is 21.1 Å². The topological polar surface area (TPSA) is 30.5 Å². The van der Waals surface area contributed by atoms with Crippen molar-refractivity contribution in [3.63, 3.8) is 0 Å². The Balaban J connectivity index is 1.71. The van der Waals surface area contributed by atoms with E-state index in [1.165, 1.54) is 31.2 Å². The van der Waals surface area contributed by atoms with E-state index in [1.54, 1.807) is 7.11 Å². The van der Waals surface area contributed by atoms with Gasteiger partial charge in [-0.15, -0.1) is 0 Å². The standard InChI is InChI=1S/C15H21Br2NO2/c1-19-15-13(16)8-11(9-14(15)17)10-18-6-7-20-12-4-2-3-5-12/h8-9,12,18H,2-7,10H2,1H3. The SMILES string of the molecule is COc1c(Br)cc(CNCCOC2CCCC2)cc1Br. The zero-order valence-corrected chi connectivity index (χ0v) is 14.9. The molecule has 3 nitrogen and oxygen atoms in total. The molecule has 0 aliphatic heterocycles. The van der Waals surface area contributed by atoms with E-state index in [-0.39, 0.29) is 0 Å². The van der Waals surface area contributed by atoms with Gasteiger partial charge in [0.2, 0.25) is 0 Å². The van der Waals surface area contributed by atoms with E-state index in [9.17, 15) is 0 Å². The summed E-state index contributed by atoms with van der Waals surface area (Å²) < 4.78 is 13.1. The highest BCUT2D eigenvalue weighted by Crippen LogP contribution is 2.34. The van der Waals surface area contributed by atoms with Crippen molar-refractivity contribution in [3.05, 3.63) is 26.6 Å². The summed E-state index contributed by atoms with van der Waals surface area (Å²) in [6, 6.07) is 4.16. The Morgan fingerprint density at radius 3 is 2.45 bits per heavy atom. The van der Waals surface area contributed by atoms with Crippen molar-refractivity contribution >= 4 is 31.9 Å². The van der Waals surface area contributed by atoms with Crippen molar-refractivity contribution in [2.24, 2.45) is 0 Å². The summed E-state index contributed by atoms with van der Waals surface area (Å²) in [4.78, 5) is 0. The fourth-order valence-corrected chi connectivity index (χ4v) is 4.10. The predicted molar refractivity (Wildman–Crippen MR) is 88.3 cm³/mol. The maximum absolute atomic E-state index is 5.82. The van der Waals surface area contributed by atoms with Crippen LogP contribution in [0.3, 0.4) is 0 Å². The maximum atomic E-state index is 5.82. The summed E-state index contributed by atoms with van der Waals surface area (Å²) in [5, 5.41) is 3.41. The molecule has 1 N–H and O–H groups in total. The van der Waals surface area contributed by atoms with Gasteiger partial charge in [-0.25, -0.2) is 0 Å². The molecule has 0 unspecified atom stereocenters. The largest absolute Gasteiger partial charge is 0.494 e. The van der Waals surface area contributed by atoms with Crippen molar-refractivity contribution in [2.75, 3.05) is 20.3 Å². The number of hydrogen-bond donors (Lipinski definition) is 1. The molecule has 0 radical (unpaired) electrons. The zero-order valence-electron chi connectivity index (χ0n) is 11.8. The highest BCUT2D eigenvalue weighted by molar-refractivity contribution is 9.11. The predicted octanol–water partition coefficient (Wildman–Crippen LogP) is 4.27. The van der Waals surface area contributed by atoms with Crippen LogP contribution in [-0.4, -0.2) is 26.4 Å². The van der Waals surface area contributed by atoms with E-state index < -0.39 is 0 Å². The molecule has 1 aromatic rings. The third-order valence-electron chi connectivity index (χ3n) is 3.53. The Labute approximate surface area is 137 Å². The number of nitrogens with one attached hydrogen (secondary N) is 1. The number of benzene rings is 1. The van der Waals surface area contributed by atoms with Gasteiger partial charge in [-0.05, 0) is 62.4 Å². The van der Waals surface area contributed by atoms with Crippen LogP contribution in [0.5, 0.6) is 5.75 Å². The lowest BCUT2D eigenvalue weighted by Crippen LogP contribution is -2.21. The Morgan fingerprint density at radius 1 is 1.20 bits per heavy atom. The number of hydrogen-bond acceptors (Lipinski definition) is 3. The van der Waals surface area contributed by atoms with Gasteiger partial charge in [0.15, 0.2) is 0 Å². The second-order valence-electron chi connectivity index (χ2n) is 5.05. The summed E-state index contributed by atoms with van der Waals surface area (Å²) in [6.07, 6.45) is 5.62. The minimum absolute atomic E-state index is 0.501. The summed E-state index contributed by atoms with van der Waals surface area (Å²) in [5.41, 5.74) is 1.21. The van der Waals surface area contributed by atoms with Crippen molar-refractivity contribution in [1.82, 2.24) is 5.32 Å². The lowest BCUT2D eigenvalue weighted by molar-refractivity contribution is 0.0602. The van der Waals surface area contributed by atoms with Crippen LogP contribution in [0.1, 0.15) is 31.2 Å². The number of methoxy groups -OCH3 is 1. The van der Waals surface area contributed by atoms with Crippen LogP contribution in [0.2, 0.25) is 0 Å². The normalized spacial score (nSPS) is 15.8. The van der Waals surface area contributed by atoms with E-state index in [4.69, 9.17) is 9.47 Å². The van der Waals surface area contributed by atoms with Crippen molar-refractivity contribution < 1.29 is 9.47 Å². The highest BCUT2D eigenvalue weighted by Gasteiger charge is 2.14. The first-order valence-electron chi connectivity index (χ1n) is 7.05. The minimum Gasteiger partial charge on any atom is -0.494 e. The smallest absolute Gasteiger partial charge is 0.147 e. The Kier molecular flexibility index (Phi) is 6.81. The summed E-state index contributed by atoms with van der Waals surface area (Å²) in [7, 11) is 1.67. The Hall–Kier alpha value is -0.100. The summed E-state index contributed by atoms with van der Waals surface area (Å²) in [6.45, 7) is 2.51. The van der Waals surface area contributed by atoms with Crippen molar-refractivity contribution in [1.29, 1.82) is 0 Å². The molecule has 1 fully saturated rings. The molecule has 1 aliphatic rings. The fourth-order valence-electron chi connectivity index (χ4n) is 2.49. The van der Waals surface area contributed by atoms with Crippen LogP contribution in [0, 0.1) is 0 Å². The molecular weight excluding hydrogens is 386 g/mol. The van der Waals surface area contributed by atoms with Gasteiger partial charge in [0, 0.05) is 13.1 Å². The molecule has 0 bridgehead atoms. The molecule has 0 aromatic heterocycles. The summed E-state index contributed by atoms with van der Waals surface area (Å²) in [5.74, 6) is 0.832. The Bertz CT molecular complexity index is 411. The van der Waals surface area contributed by atoms with E-state index in [2.05, 4.69) is 49.3 Å². The van der Waals surface area contributed by atoms with Gasteiger partial charge in [0.25, 0.3) is 0 Å². The average Bonchev–Trinajstić information content (AvgIpc) is 2.91. The van der Waals surface area contributed by atoms with Gasteiger partial charge in [0.05, 0.1) is 28.8 Å². The monoisotopic (exact) mass is 405 g/mol. The number of rotatable bonds is 7. The van der Waals surface area contributed by atoms with Crippen LogP contribution in [0.25, 0.3) is 0 Å². The van der Waals surface area contributed by atoms with Crippen LogP contribution in [0.4, 0.5) is 0 Å². The molecule has 112 valence electrons. The van der Waals surface area contributed by atoms with Gasteiger partial charge in [-0.1, -0.05) is 12.8 Å². The minimum atomic E-state index is 0.501. The Morgan fingerprint density at radius 2 is 1.85 bits per heavy atom. The molecule has 2 rings (SSSR count). The second kappa shape index (κ2) is 8.37. The van der Waals surface area contributed by atoms with Gasteiger partial charge in [-0.2, -0.15) is 0 Å². The lowest BCUT2D eigenvalue weighted by atomic mass is 10.2. The molecule has 0 spiro atoms. The van der Waals surface area contributed by atoms with Crippen molar-refractivity contribution in [2.45, 2.75) is 38.3 Å². The molecule has 1 aromatic carbocycles. The first-order chi connectivity index (χ1) is 9.70. The van der Waals surface area contributed by atoms with Crippen LogP contribution < -0.4 is 10.1 Å². The summed E-state index contributed by atoms with van der Waals surface area (Å²) >= 11 is 7.04. The van der Waals surface area contributed by atoms with E-state index in [1.807, 2.05) is 0 Å². The first-order valence-corrected chi connectivity index (χ1v) is 8.63.